The van der Waals surface area contributed by atoms with E-state index in [9.17, 15) is 5.11 Å². The van der Waals surface area contributed by atoms with Crippen molar-refractivity contribution in [1.82, 2.24) is 10.3 Å². The number of pyridine rings is 1. The van der Waals surface area contributed by atoms with Crippen molar-refractivity contribution in [3.05, 3.63) is 28.6 Å². The summed E-state index contributed by atoms with van der Waals surface area (Å²) < 4.78 is 0. The molecule has 0 radical (unpaired) electrons. The van der Waals surface area contributed by atoms with Gasteiger partial charge in [-0.25, -0.2) is 0 Å². The van der Waals surface area contributed by atoms with Gasteiger partial charge < -0.3 is 10.4 Å². The second-order valence-electron chi connectivity index (χ2n) is 5.61. The van der Waals surface area contributed by atoms with Gasteiger partial charge in [0, 0.05) is 24.0 Å². The van der Waals surface area contributed by atoms with Crippen molar-refractivity contribution in [1.29, 1.82) is 0 Å². The van der Waals surface area contributed by atoms with Crippen LogP contribution < -0.4 is 5.32 Å². The van der Waals surface area contributed by atoms with E-state index in [1.54, 1.807) is 0 Å². The van der Waals surface area contributed by atoms with Gasteiger partial charge in [0.15, 0.2) is 0 Å². The molecule has 0 amide bonds. The maximum absolute atomic E-state index is 10.3. The first kappa shape index (κ1) is 16.1. The first-order valence-corrected chi connectivity index (χ1v) is 7.23. The fourth-order valence-electron chi connectivity index (χ4n) is 2.63. The molecule has 19 heavy (non-hydrogen) atoms. The Morgan fingerprint density at radius 3 is 2.32 bits per heavy atom. The van der Waals surface area contributed by atoms with Gasteiger partial charge in [0.2, 0.25) is 0 Å². The van der Waals surface area contributed by atoms with Gasteiger partial charge >= 0.3 is 0 Å². The summed E-state index contributed by atoms with van der Waals surface area (Å²) in [5.41, 5.74) is 4.05. The van der Waals surface area contributed by atoms with E-state index in [-0.39, 0.29) is 6.04 Å². The topological polar surface area (TPSA) is 45.1 Å². The second-order valence-corrected chi connectivity index (χ2v) is 5.61. The fraction of sp³-hybridized carbons (Fsp3) is 0.688. The number of nitrogens with one attached hydrogen (secondary N) is 1. The third kappa shape index (κ3) is 4.02. The third-order valence-corrected chi connectivity index (χ3v) is 4.07. The molecule has 0 aliphatic heterocycles. The Morgan fingerprint density at radius 1 is 1.26 bits per heavy atom. The Labute approximate surface area is 117 Å². The minimum atomic E-state index is -0.603. The summed E-state index contributed by atoms with van der Waals surface area (Å²) >= 11 is 0. The standard InChI is InChI=1S/C16H28N2O/c1-7-16(19,8-2)10-17-13(5)15-11(3)9-12(4)18-14(15)6/h9,13,17,19H,7-8,10H2,1-6H3. The molecular formula is C16H28N2O. The van der Waals surface area contributed by atoms with Gasteiger partial charge in [-0.1, -0.05) is 13.8 Å². The monoisotopic (exact) mass is 264 g/mol. The van der Waals surface area contributed by atoms with Crippen LogP contribution in [0.25, 0.3) is 0 Å². The zero-order chi connectivity index (χ0) is 14.6. The predicted molar refractivity (Wildman–Crippen MR) is 80.4 cm³/mol. The van der Waals surface area contributed by atoms with E-state index >= 15 is 0 Å². The molecule has 108 valence electrons. The molecule has 3 nitrogen and oxygen atoms in total. The van der Waals surface area contributed by atoms with E-state index in [1.165, 1.54) is 11.1 Å². The number of aryl methyl sites for hydroxylation is 3. The Kier molecular flexibility index (Phi) is 5.50. The van der Waals surface area contributed by atoms with Crippen molar-refractivity contribution in [2.75, 3.05) is 6.54 Å². The van der Waals surface area contributed by atoms with Gasteiger partial charge in [-0.2, -0.15) is 0 Å². The van der Waals surface area contributed by atoms with Crippen molar-refractivity contribution in [3.63, 3.8) is 0 Å². The predicted octanol–water partition coefficient (Wildman–Crippen LogP) is 3.21. The summed E-state index contributed by atoms with van der Waals surface area (Å²) in [5, 5.41) is 13.8. The SMILES string of the molecule is CCC(O)(CC)CNC(C)c1c(C)cc(C)nc1C. The normalized spacial score (nSPS) is 13.6. The molecule has 1 rings (SSSR count). The molecule has 0 saturated carbocycles. The van der Waals surface area contributed by atoms with Gasteiger partial charge in [0.1, 0.15) is 0 Å². The minimum Gasteiger partial charge on any atom is -0.389 e. The zero-order valence-electron chi connectivity index (χ0n) is 13.2. The lowest BCUT2D eigenvalue weighted by Crippen LogP contribution is -2.40. The average Bonchev–Trinajstić information content (AvgIpc) is 2.34. The summed E-state index contributed by atoms with van der Waals surface area (Å²) in [6.45, 7) is 13.0. The molecule has 1 heterocycles. The molecule has 3 heteroatoms. The molecule has 1 unspecified atom stereocenters. The lowest BCUT2D eigenvalue weighted by molar-refractivity contribution is 0.0303. The molecule has 0 bridgehead atoms. The molecule has 1 atom stereocenters. The first-order chi connectivity index (χ1) is 8.83. The summed E-state index contributed by atoms with van der Waals surface area (Å²) in [7, 11) is 0. The molecular weight excluding hydrogens is 236 g/mol. The van der Waals surface area contributed by atoms with Crippen LogP contribution in [0.5, 0.6) is 0 Å². The number of hydrogen-bond acceptors (Lipinski definition) is 3. The van der Waals surface area contributed by atoms with Crippen LogP contribution in [-0.2, 0) is 0 Å². The zero-order valence-corrected chi connectivity index (χ0v) is 13.2. The summed E-state index contributed by atoms with van der Waals surface area (Å²) in [6, 6.07) is 2.32. The van der Waals surface area contributed by atoms with Crippen LogP contribution in [0.3, 0.4) is 0 Å². The van der Waals surface area contributed by atoms with Crippen LogP contribution in [0.15, 0.2) is 6.07 Å². The molecule has 0 fully saturated rings. The molecule has 0 spiro atoms. The molecule has 0 aliphatic rings. The number of rotatable bonds is 6. The van der Waals surface area contributed by atoms with Crippen molar-refractivity contribution in [2.45, 2.75) is 66.0 Å². The van der Waals surface area contributed by atoms with Crippen molar-refractivity contribution < 1.29 is 5.11 Å². The highest BCUT2D eigenvalue weighted by Gasteiger charge is 2.23. The Balaban J connectivity index is 2.82. The van der Waals surface area contributed by atoms with Crippen LogP contribution in [0.1, 0.15) is 62.2 Å². The van der Waals surface area contributed by atoms with Crippen molar-refractivity contribution in [3.8, 4) is 0 Å². The Morgan fingerprint density at radius 2 is 1.84 bits per heavy atom. The van der Waals surface area contributed by atoms with Gasteiger partial charge in [-0.15, -0.1) is 0 Å². The van der Waals surface area contributed by atoms with Crippen LogP contribution in [0, 0.1) is 20.8 Å². The largest absolute Gasteiger partial charge is 0.389 e. The maximum atomic E-state index is 10.3. The molecule has 1 aromatic heterocycles. The van der Waals surface area contributed by atoms with Crippen LogP contribution in [-0.4, -0.2) is 22.2 Å². The fourth-order valence-corrected chi connectivity index (χ4v) is 2.63. The highest BCUT2D eigenvalue weighted by Crippen LogP contribution is 2.22. The van der Waals surface area contributed by atoms with Gasteiger partial charge in [0.25, 0.3) is 0 Å². The number of aromatic nitrogens is 1. The first-order valence-electron chi connectivity index (χ1n) is 7.23. The van der Waals surface area contributed by atoms with Crippen molar-refractivity contribution >= 4 is 0 Å². The summed E-state index contributed by atoms with van der Waals surface area (Å²) in [4.78, 5) is 4.54. The minimum absolute atomic E-state index is 0.206. The van der Waals surface area contributed by atoms with Crippen LogP contribution in [0.4, 0.5) is 0 Å². The Bertz CT molecular complexity index is 402. The highest BCUT2D eigenvalue weighted by atomic mass is 16.3. The molecule has 1 aromatic rings. The lowest BCUT2D eigenvalue weighted by Gasteiger charge is -2.28. The highest BCUT2D eigenvalue weighted by molar-refractivity contribution is 5.33. The van der Waals surface area contributed by atoms with E-state index in [1.807, 2.05) is 20.8 Å². The summed E-state index contributed by atoms with van der Waals surface area (Å²) in [6.07, 6.45) is 1.54. The second kappa shape index (κ2) is 6.49. The average molecular weight is 264 g/mol. The van der Waals surface area contributed by atoms with Crippen LogP contribution >= 0.6 is 0 Å². The third-order valence-electron chi connectivity index (χ3n) is 4.07. The van der Waals surface area contributed by atoms with Gasteiger partial charge in [-0.3, -0.25) is 4.98 Å². The van der Waals surface area contributed by atoms with E-state index in [0.717, 1.165) is 24.2 Å². The number of aliphatic hydroxyl groups is 1. The quantitative estimate of drug-likeness (QED) is 0.829. The molecule has 2 N–H and O–H groups in total. The van der Waals surface area contributed by atoms with E-state index in [4.69, 9.17) is 0 Å². The number of nitrogens with zero attached hydrogens (tertiary/aromatic N) is 1. The number of hydrogen-bond donors (Lipinski definition) is 2. The molecule has 0 saturated heterocycles. The smallest absolute Gasteiger partial charge is 0.0766 e. The van der Waals surface area contributed by atoms with E-state index in [2.05, 4.69) is 37.1 Å². The van der Waals surface area contributed by atoms with Crippen molar-refractivity contribution in [2.24, 2.45) is 0 Å². The van der Waals surface area contributed by atoms with E-state index < -0.39 is 5.60 Å². The van der Waals surface area contributed by atoms with E-state index in [0.29, 0.717) is 6.54 Å². The van der Waals surface area contributed by atoms with Crippen LogP contribution in [0.2, 0.25) is 0 Å². The molecule has 0 aliphatic carbocycles. The maximum Gasteiger partial charge on any atom is 0.0766 e. The van der Waals surface area contributed by atoms with Gasteiger partial charge in [0.05, 0.1) is 5.60 Å². The Hall–Kier alpha value is -0.930. The van der Waals surface area contributed by atoms with Gasteiger partial charge in [-0.05, 0) is 57.7 Å². The molecule has 0 aromatic carbocycles. The summed E-state index contributed by atoms with van der Waals surface area (Å²) in [5.74, 6) is 0. The lowest BCUT2D eigenvalue weighted by atomic mass is 9.95.